The van der Waals surface area contributed by atoms with Gasteiger partial charge in [-0.2, -0.15) is 5.10 Å². The van der Waals surface area contributed by atoms with E-state index in [2.05, 4.69) is 47.6 Å². The molecule has 1 aromatic heterocycles. The van der Waals surface area contributed by atoms with Crippen LogP contribution in [0.1, 0.15) is 16.7 Å². The Kier molecular flexibility index (Phi) is 6.23. The Morgan fingerprint density at radius 1 is 1.12 bits per heavy atom. The van der Waals surface area contributed by atoms with Crippen LogP contribution in [-0.4, -0.2) is 11.2 Å². The number of nitrogens with one attached hydrogen (secondary N) is 1. The largest absolute Gasteiger partial charge is 0.253 e. The van der Waals surface area contributed by atoms with Crippen molar-refractivity contribution in [2.75, 3.05) is 5.43 Å². The fourth-order valence-corrected chi connectivity index (χ4v) is 2.92. The Labute approximate surface area is 155 Å². The van der Waals surface area contributed by atoms with Crippen molar-refractivity contribution < 1.29 is 4.39 Å². The van der Waals surface area contributed by atoms with Crippen molar-refractivity contribution in [3.05, 3.63) is 70.4 Å². The van der Waals surface area contributed by atoms with Crippen LogP contribution in [0.2, 0.25) is 0 Å². The number of hydrogen-bond acceptors (Lipinski definition) is 4. The summed E-state index contributed by atoms with van der Waals surface area (Å²) in [7, 11) is 0. The smallest absolute Gasteiger partial charge is 0.203 e. The molecule has 0 radical (unpaired) electrons. The number of aromatic nitrogens is 1. The van der Waals surface area contributed by atoms with Gasteiger partial charge in [0, 0.05) is 10.9 Å². The van der Waals surface area contributed by atoms with Crippen molar-refractivity contribution in [2.24, 2.45) is 5.10 Å². The standard InChI is InChI=1S/C18H16FN3S.BrH/c1-12-3-8-16(13(2)9-12)17-11-23-18(21-17)22-20-10-14-4-6-15(19)7-5-14;/h3-11H,1-2H3,(H,21,22);1H/b20-10+;. The van der Waals surface area contributed by atoms with E-state index in [9.17, 15) is 4.39 Å². The molecule has 0 fully saturated rings. The zero-order valence-corrected chi connectivity index (χ0v) is 15.8. The second-order valence-corrected chi connectivity index (χ2v) is 6.14. The first kappa shape index (κ1) is 18.3. The third-order valence-electron chi connectivity index (χ3n) is 3.41. The maximum absolute atomic E-state index is 12.8. The highest BCUT2D eigenvalue weighted by Gasteiger charge is 2.06. The Morgan fingerprint density at radius 3 is 2.58 bits per heavy atom. The number of benzene rings is 2. The van der Waals surface area contributed by atoms with Crippen LogP contribution >= 0.6 is 28.3 Å². The fourth-order valence-electron chi connectivity index (χ4n) is 2.26. The predicted octanol–water partition coefficient (Wildman–Crippen LogP) is 5.59. The van der Waals surface area contributed by atoms with Gasteiger partial charge in [0.25, 0.3) is 0 Å². The Balaban J connectivity index is 0.00000208. The molecule has 3 aromatic rings. The molecule has 0 amide bonds. The third-order valence-corrected chi connectivity index (χ3v) is 4.15. The highest BCUT2D eigenvalue weighted by molar-refractivity contribution is 8.93. The van der Waals surface area contributed by atoms with Crippen LogP contribution in [0, 0.1) is 19.7 Å². The molecule has 0 aliphatic rings. The van der Waals surface area contributed by atoms with E-state index in [4.69, 9.17) is 0 Å². The van der Waals surface area contributed by atoms with Gasteiger partial charge in [-0.25, -0.2) is 9.37 Å². The van der Waals surface area contributed by atoms with Crippen LogP contribution in [0.25, 0.3) is 11.3 Å². The molecule has 2 aromatic carbocycles. The average molecular weight is 406 g/mol. The molecule has 3 rings (SSSR count). The van der Waals surface area contributed by atoms with E-state index in [1.165, 1.54) is 34.6 Å². The number of hydrazone groups is 1. The van der Waals surface area contributed by atoms with E-state index in [1.807, 2.05) is 5.38 Å². The van der Waals surface area contributed by atoms with Crippen LogP contribution in [0.3, 0.4) is 0 Å². The summed E-state index contributed by atoms with van der Waals surface area (Å²) >= 11 is 1.50. The first-order chi connectivity index (χ1) is 11.1. The van der Waals surface area contributed by atoms with Crippen LogP contribution in [-0.2, 0) is 0 Å². The summed E-state index contributed by atoms with van der Waals surface area (Å²) in [6.45, 7) is 4.16. The van der Waals surface area contributed by atoms with Gasteiger partial charge in [-0.1, -0.05) is 35.9 Å². The lowest BCUT2D eigenvalue weighted by atomic mass is 10.0. The van der Waals surface area contributed by atoms with Gasteiger partial charge in [0.15, 0.2) is 0 Å². The van der Waals surface area contributed by atoms with Crippen molar-refractivity contribution in [1.29, 1.82) is 0 Å². The van der Waals surface area contributed by atoms with Gasteiger partial charge in [-0.3, -0.25) is 5.43 Å². The van der Waals surface area contributed by atoms with Gasteiger partial charge in [0.2, 0.25) is 5.13 Å². The number of nitrogens with zero attached hydrogens (tertiary/aromatic N) is 2. The SMILES string of the molecule is Br.Cc1ccc(-c2csc(N/N=C/c3ccc(F)cc3)n2)c(C)c1. The van der Waals surface area contributed by atoms with E-state index < -0.39 is 0 Å². The lowest BCUT2D eigenvalue weighted by Gasteiger charge is -2.03. The Morgan fingerprint density at radius 2 is 1.88 bits per heavy atom. The molecule has 0 unspecified atom stereocenters. The molecule has 0 aliphatic carbocycles. The first-order valence-electron chi connectivity index (χ1n) is 7.19. The fraction of sp³-hybridized carbons (Fsp3) is 0.111. The molecule has 0 saturated carbocycles. The zero-order valence-electron chi connectivity index (χ0n) is 13.3. The summed E-state index contributed by atoms with van der Waals surface area (Å²) in [4.78, 5) is 4.55. The van der Waals surface area contributed by atoms with E-state index in [0.717, 1.165) is 22.0 Å². The monoisotopic (exact) mass is 405 g/mol. The van der Waals surface area contributed by atoms with Crippen LogP contribution < -0.4 is 5.43 Å². The lowest BCUT2D eigenvalue weighted by molar-refractivity contribution is 0.628. The second kappa shape index (κ2) is 8.17. The number of anilines is 1. The number of halogens is 2. The minimum Gasteiger partial charge on any atom is -0.253 e. The summed E-state index contributed by atoms with van der Waals surface area (Å²) in [6, 6.07) is 12.5. The first-order valence-corrected chi connectivity index (χ1v) is 8.07. The van der Waals surface area contributed by atoms with Crippen LogP contribution in [0.5, 0.6) is 0 Å². The molecule has 0 bridgehead atoms. The minimum atomic E-state index is -0.256. The van der Waals surface area contributed by atoms with Crippen LogP contribution in [0.4, 0.5) is 9.52 Å². The molecule has 24 heavy (non-hydrogen) atoms. The molecular formula is C18H17BrFN3S. The Hall–Kier alpha value is -2.05. The molecule has 3 nitrogen and oxygen atoms in total. The van der Waals surface area contributed by atoms with Crippen molar-refractivity contribution >= 4 is 39.7 Å². The average Bonchev–Trinajstić information content (AvgIpc) is 2.98. The van der Waals surface area contributed by atoms with Crippen LogP contribution in [0.15, 0.2) is 52.9 Å². The minimum absolute atomic E-state index is 0. The number of thiazole rings is 1. The molecule has 6 heteroatoms. The molecule has 1 N–H and O–H groups in total. The molecule has 0 saturated heterocycles. The highest BCUT2D eigenvalue weighted by atomic mass is 79.9. The van der Waals surface area contributed by atoms with Gasteiger partial charge in [-0.15, -0.1) is 28.3 Å². The van der Waals surface area contributed by atoms with Crippen molar-refractivity contribution in [2.45, 2.75) is 13.8 Å². The topological polar surface area (TPSA) is 37.3 Å². The third kappa shape index (κ3) is 4.49. The van der Waals surface area contributed by atoms with E-state index >= 15 is 0 Å². The van der Waals surface area contributed by atoms with Crippen molar-refractivity contribution in [3.63, 3.8) is 0 Å². The van der Waals surface area contributed by atoms with Gasteiger partial charge >= 0.3 is 0 Å². The van der Waals surface area contributed by atoms with E-state index in [0.29, 0.717) is 0 Å². The summed E-state index contributed by atoms with van der Waals surface area (Å²) in [5.41, 5.74) is 8.25. The normalized spacial score (nSPS) is 10.6. The number of hydrogen-bond donors (Lipinski definition) is 1. The molecule has 124 valence electrons. The van der Waals surface area contributed by atoms with Gasteiger partial charge in [-0.05, 0) is 37.1 Å². The maximum atomic E-state index is 12.8. The molecule has 1 heterocycles. The summed E-state index contributed by atoms with van der Waals surface area (Å²) in [5.74, 6) is -0.256. The maximum Gasteiger partial charge on any atom is 0.203 e. The van der Waals surface area contributed by atoms with Gasteiger partial charge in [0.05, 0.1) is 11.9 Å². The summed E-state index contributed by atoms with van der Waals surface area (Å²) in [6.07, 6.45) is 1.64. The van der Waals surface area contributed by atoms with E-state index in [1.54, 1.807) is 18.3 Å². The highest BCUT2D eigenvalue weighted by Crippen LogP contribution is 2.27. The molecule has 0 atom stereocenters. The van der Waals surface area contributed by atoms with E-state index in [-0.39, 0.29) is 22.8 Å². The van der Waals surface area contributed by atoms with Crippen molar-refractivity contribution in [1.82, 2.24) is 4.98 Å². The Bertz CT molecular complexity index is 844. The number of aryl methyl sites for hydroxylation is 2. The zero-order chi connectivity index (χ0) is 16.2. The lowest BCUT2D eigenvalue weighted by Crippen LogP contribution is -1.91. The quantitative estimate of drug-likeness (QED) is 0.453. The predicted molar refractivity (Wildman–Crippen MR) is 105 cm³/mol. The second-order valence-electron chi connectivity index (χ2n) is 5.28. The van der Waals surface area contributed by atoms with Crippen molar-refractivity contribution in [3.8, 4) is 11.3 Å². The summed E-state index contributed by atoms with van der Waals surface area (Å²) < 4.78 is 12.8. The molecule has 0 aliphatic heterocycles. The molecular weight excluding hydrogens is 389 g/mol. The molecule has 0 spiro atoms. The van der Waals surface area contributed by atoms with Gasteiger partial charge in [0.1, 0.15) is 5.82 Å². The number of rotatable bonds is 4. The summed E-state index contributed by atoms with van der Waals surface area (Å²) in [5, 5.41) is 6.86. The van der Waals surface area contributed by atoms with Gasteiger partial charge < -0.3 is 0 Å².